The van der Waals surface area contributed by atoms with Crippen LogP contribution in [0.3, 0.4) is 0 Å². The quantitative estimate of drug-likeness (QED) is 0.484. The van der Waals surface area contributed by atoms with Crippen molar-refractivity contribution < 1.29 is 19.1 Å². The van der Waals surface area contributed by atoms with Crippen molar-refractivity contribution >= 4 is 22.9 Å². The van der Waals surface area contributed by atoms with Crippen LogP contribution < -0.4 is 0 Å². The summed E-state index contributed by atoms with van der Waals surface area (Å²) >= 11 is 0. The van der Waals surface area contributed by atoms with Crippen molar-refractivity contribution in [1.82, 2.24) is 29.4 Å². The number of hydrogen-bond donors (Lipinski definition) is 1. The molecule has 9 nitrogen and oxygen atoms in total. The highest BCUT2D eigenvalue weighted by molar-refractivity contribution is 5.84. The van der Waals surface area contributed by atoms with E-state index < -0.39 is 5.97 Å². The monoisotopic (exact) mass is 448 g/mol. The zero-order valence-corrected chi connectivity index (χ0v) is 17.7. The molecule has 4 heterocycles. The number of fused-ring (bicyclic) bond motifs is 3. The number of aliphatic carboxylic acids is 1. The molecule has 1 amide bonds. The molecular formula is C23H21FN6O3. The number of carbonyl (C=O) groups excluding carboxylic acids is 1. The molecule has 3 aromatic heterocycles. The van der Waals surface area contributed by atoms with Crippen LogP contribution in [0.25, 0.3) is 11.0 Å². The zero-order valence-electron chi connectivity index (χ0n) is 17.7. The fourth-order valence-corrected chi connectivity index (χ4v) is 4.35. The number of carbonyl (C=O) groups is 2. The van der Waals surface area contributed by atoms with Gasteiger partial charge in [-0.2, -0.15) is 0 Å². The van der Waals surface area contributed by atoms with E-state index in [2.05, 4.69) is 19.9 Å². The van der Waals surface area contributed by atoms with Gasteiger partial charge in [-0.25, -0.2) is 14.1 Å². The molecular weight excluding hydrogens is 427 g/mol. The maximum atomic E-state index is 13.8. The van der Waals surface area contributed by atoms with Gasteiger partial charge in [-0.15, -0.1) is 5.10 Å². The number of pyridine rings is 1. The molecule has 1 aromatic carbocycles. The molecule has 4 aromatic rings. The molecule has 0 radical (unpaired) electrons. The van der Waals surface area contributed by atoms with Gasteiger partial charge >= 0.3 is 5.97 Å². The molecule has 0 atom stereocenters. The number of hydrogen-bond acceptors (Lipinski definition) is 5. The summed E-state index contributed by atoms with van der Waals surface area (Å²) in [6, 6.07) is 10.4. The average molecular weight is 448 g/mol. The van der Waals surface area contributed by atoms with E-state index in [0.717, 1.165) is 27.9 Å². The topological polar surface area (TPSA) is 106 Å². The highest BCUT2D eigenvalue weighted by Gasteiger charge is 2.27. The number of rotatable bonds is 6. The first-order chi connectivity index (χ1) is 16.0. The molecule has 0 spiro atoms. The van der Waals surface area contributed by atoms with Gasteiger partial charge in [0.05, 0.1) is 18.7 Å². The van der Waals surface area contributed by atoms with Gasteiger partial charge in [-0.3, -0.25) is 9.59 Å². The molecule has 1 N–H and O–H groups in total. The van der Waals surface area contributed by atoms with Crippen LogP contribution in [0.2, 0.25) is 0 Å². The molecule has 0 unspecified atom stereocenters. The summed E-state index contributed by atoms with van der Waals surface area (Å²) < 4.78 is 17.2. The van der Waals surface area contributed by atoms with Gasteiger partial charge in [0.15, 0.2) is 0 Å². The van der Waals surface area contributed by atoms with Gasteiger partial charge in [0, 0.05) is 36.6 Å². The lowest BCUT2D eigenvalue weighted by molar-refractivity contribution is -0.136. The molecule has 0 fully saturated rings. The van der Waals surface area contributed by atoms with E-state index in [1.54, 1.807) is 17.2 Å². The number of nitrogens with zero attached hydrogens (tertiary/aromatic N) is 6. The van der Waals surface area contributed by atoms with Gasteiger partial charge in [-0.05, 0) is 41.8 Å². The van der Waals surface area contributed by atoms with Crippen LogP contribution in [-0.4, -0.2) is 53.0 Å². The van der Waals surface area contributed by atoms with Crippen LogP contribution >= 0.6 is 0 Å². The summed E-state index contributed by atoms with van der Waals surface area (Å²) in [5, 5.41) is 17.6. The molecule has 10 heteroatoms. The molecule has 33 heavy (non-hydrogen) atoms. The first-order valence-electron chi connectivity index (χ1n) is 10.6. The first kappa shape index (κ1) is 20.8. The highest BCUT2D eigenvalue weighted by atomic mass is 19.1. The fourth-order valence-electron chi connectivity index (χ4n) is 4.35. The van der Waals surface area contributed by atoms with E-state index in [9.17, 15) is 14.0 Å². The van der Waals surface area contributed by atoms with Crippen LogP contribution in [0.1, 0.15) is 22.5 Å². The molecule has 5 rings (SSSR count). The third kappa shape index (κ3) is 4.19. The number of benzene rings is 1. The zero-order chi connectivity index (χ0) is 22.9. The lowest BCUT2D eigenvalue weighted by atomic mass is 10.0. The Bertz CT molecular complexity index is 1360. The Morgan fingerprint density at radius 3 is 2.88 bits per heavy atom. The Balaban J connectivity index is 1.41. The van der Waals surface area contributed by atoms with Crippen molar-refractivity contribution in [3.05, 3.63) is 77.1 Å². The number of amides is 1. The minimum absolute atomic E-state index is 0.0235. The van der Waals surface area contributed by atoms with Crippen molar-refractivity contribution in [2.45, 2.75) is 32.5 Å². The summed E-state index contributed by atoms with van der Waals surface area (Å²) in [4.78, 5) is 30.1. The van der Waals surface area contributed by atoms with Crippen LogP contribution in [0.4, 0.5) is 4.39 Å². The predicted octanol–water partition coefficient (Wildman–Crippen LogP) is 2.03. The van der Waals surface area contributed by atoms with E-state index >= 15 is 0 Å². The minimum atomic E-state index is -1.00. The Kier molecular flexibility index (Phi) is 5.33. The predicted molar refractivity (Wildman–Crippen MR) is 116 cm³/mol. The molecule has 1 aliphatic rings. The summed E-state index contributed by atoms with van der Waals surface area (Å²) in [6.07, 6.45) is 3.65. The second-order valence-electron chi connectivity index (χ2n) is 8.06. The van der Waals surface area contributed by atoms with Gasteiger partial charge in [0.25, 0.3) is 0 Å². The SMILES string of the molecule is O=C(O)Cc1cn(CC(=O)N2CCc3c(n(Cc4cccc(F)c4)c4ncccc34)C2)nn1. The second-order valence-corrected chi connectivity index (χ2v) is 8.06. The van der Waals surface area contributed by atoms with E-state index in [1.807, 2.05) is 18.2 Å². The van der Waals surface area contributed by atoms with E-state index in [0.29, 0.717) is 31.7 Å². The number of aromatic nitrogens is 5. The Labute approximate surface area is 188 Å². The maximum Gasteiger partial charge on any atom is 0.309 e. The van der Waals surface area contributed by atoms with Gasteiger partial charge in [0.2, 0.25) is 5.91 Å². The normalized spacial score (nSPS) is 13.3. The molecule has 0 saturated carbocycles. The molecule has 0 aliphatic carbocycles. The minimum Gasteiger partial charge on any atom is -0.481 e. The van der Waals surface area contributed by atoms with Crippen LogP contribution in [0, 0.1) is 5.82 Å². The van der Waals surface area contributed by atoms with Crippen LogP contribution in [0.5, 0.6) is 0 Å². The van der Waals surface area contributed by atoms with E-state index in [-0.39, 0.29) is 24.7 Å². The second kappa shape index (κ2) is 8.45. The lowest BCUT2D eigenvalue weighted by Crippen LogP contribution is -2.38. The third-order valence-corrected chi connectivity index (χ3v) is 5.81. The van der Waals surface area contributed by atoms with Crippen molar-refractivity contribution in [3.8, 4) is 0 Å². The third-order valence-electron chi connectivity index (χ3n) is 5.81. The van der Waals surface area contributed by atoms with Crippen LogP contribution in [0.15, 0.2) is 48.8 Å². The highest BCUT2D eigenvalue weighted by Crippen LogP contribution is 2.30. The number of carboxylic acids is 1. The Morgan fingerprint density at radius 1 is 1.18 bits per heavy atom. The van der Waals surface area contributed by atoms with E-state index in [4.69, 9.17) is 5.11 Å². The Hall–Kier alpha value is -4.08. The van der Waals surface area contributed by atoms with Crippen LogP contribution in [-0.2, 0) is 42.1 Å². The number of halogens is 1. The van der Waals surface area contributed by atoms with Crippen molar-refractivity contribution in [2.75, 3.05) is 6.54 Å². The van der Waals surface area contributed by atoms with Gasteiger partial charge in [-0.1, -0.05) is 17.3 Å². The van der Waals surface area contributed by atoms with Crippen molar-refractivity contribution in [2.24, 2.45) is 0 Å². The number of carboxylic acid groups (broad SMARTS) is 1. The Morgan fingerprint density at radius 2 is 2.06 bits per heavy atom. The summed E-state index contributed by atoms with van der Waals surface area (Å²) in [6.45, 7) is 1.38. The summed E-state index contributed by atoms with van der Waals surface area (Å²) in [5.41, 5.74) is 4.08. The summed E-state index contributed by atoms with van der Waals surface area (Å²) in [7, 11) is 0. The smallest absolute Gasteiger partial charge is 0.309 e. The van der Waals surface area contributed by atoms with E-state index in [1.165, 1.54) is 23.0 Å². The largest absolute Gasteiger partial charge is 0.481 e. The standard InChI is InChI=1S/C23H21FN6O3/c24-16-4-1-3-15(9-16)11-30-20-13-28(8-6-18(20)19-5-2-7-25-23(19)30)21(31)14-29-12-17(26-27-29)10-22(32)33/h1-5,7,9,12H,6,8,10-11,13-14H2,(H,32,33). The van der Waals surface area contributed by atoms with Gasteiger partial charge < -0.3 is 14.6 Å². The average Bonchev–Trinajstić information content (AvgIpc) is 3.35. The molecule has 0 bridgehead atoms. The lowest BCUT2D eigenvalue weighted by Gasteiger charge is -2.28. The maximum absolute atomic E-state index is 13.8. The molecule has 168 valence electrons. The fraction of sp³-hybridized carbons (Fsp3) is 0.261. The molecule has 0 saturated heterocycles. The van der Waals surface area contributed by atoms with Crippen molar-refractivity contribution in [1.29, 1.82) is 0 Å². The molecule has 1 aliphatic heterocycles. The van der Waals surface area contributed by atoms with Crippen molar-refractivity contribution in [3.63, 3.8) is 0 Å². The summed E-state index contributed by atoms with van der Waals surface area (Å²) in [5.74, 6) is -1.43. The first-order valence-corrected chi connectivity index (χ1v) is 10.6. The van der Waals surface area contributed by atoms with Gasteiger partial charge in [0.1, 0.15) is 18.0 Å².